The van der Waals surface area contributed by atoms with Gasteiger partial charge in [-0.1, -0.05) is 31.2 Å². The normalized spacial score (nSPS) is 15.6. The van der Waals surface area contributed by atoms with Crippen LogP contribution in [0.15, 0.2) is 58.5 Å². The van der Waals surface area contributed by atoms with Crippen molar-refractivity contribution >= 4 is 53.4 Å². The summed E-state index contributed by atoms with van der Waals surface area (Å²) in [7, 11) is 1.78. The van der Waals surface area contributed by atoms with Gasteiger partial charge >= 0.3 is 0 Å². The summed E-state index contributed by atoms with van der Waals surface area (Å²) in [6, 6.07) is 14.4. The number of thioether (sulfide) groups is 1. The molecule has 1 atom stereocenters. The molecule has 1 unspecified atom stereocenters. The predicted molar refractivity (Wildman–Crippen MR) is 144 cm³/mol. The number of nitrogens with two attached hydrogens (primary N) is 1. The molecule has 1 saturated heterocycles. The lowest BCUT2D eigenvalue weighted by atomic mass is 9.96. The smallest absolute Gasteiger partial charge is 0.220 e. The van der Waals surface area contributed by atoms with Crippen LogP contribution in [-0.4, -0.2) is 48.8 Å². The summed E-state index contributed by atoms with van der Waals surface area (Å²) in [4.78, 5) is 23.9. The van der Waals surface area contributed by atoms with E-state index in [1.165, 1.54) is 4.90 Å². The summed E-state index contributed by atoms with van der Waals surface area (Å²) in [5.74, 6) is 1.50. The Bertz CT molecular complexity index is 874. The minimum atomic E-state index is -0.197. The van der Waals surface area contributed by atoms with Crippen molar-refractivity contribution in [1.29, 1.82) is 0 Å². The summed E-state index contributed by atoms with van der Waals surface area (Å²) in [6.45, 7) is 5.21. The van der Waals surface area contributed by atoms with E-state index in [1.807, 2.05) is 30.1 Å². The third kappa shape index (κ3) is 7.84. The second-order valence-corrected chi connectivity index (χ2v) is 9.21. The summed E-state index contributed by atoms with van der Waals surface area (Å²) in [6.07, 6.45) is 3.37. The molecule has 0 spiro atoms. The van der Waals surface area contributed by atoms with Crippen LogP contribution in [0.5, 0.6) is 0 Å². The van der Waals surface area contributed by atoms with Gasteiger partial charge < -0.3 is 21.3 Å². The number of nitrogens with one attached hydrogen (secondary N) is 2. The lowest BCUT2D eigenvalue weighted by molar-refractivity contribution is -0.122. The Morgan fingerprint density at radius 3 is 2.59 bits per heavy atom. The lowest BCUT2D eigenvalue weighted by Gasteiger charge is -2.32. The fourth-order valence-corrected chi connectivity index (χ4v) is 4.59. The van der Waals surface area contributed by atoms with Gasteiger partial charge in [-0.2, -0.15) is 0 Å². The Morgan fingerprint density at radius 2 is 1.94 bits per heavy atom. The van der Waals surface area contributed by atoms with Crippen LogP contribution in [0.1, 0.15) is 25.3 Å². The molecule has 3 rings (SSSR count). The maximum Gasteiger partial charge on any atom is 0.220 e. The second-order valence-electron chi connectivity index (χ2n) is 7.70. The standard InChI is InChI=1S/C23H32N6OS.HI/c1-17(31-20-8-4-3-5-9-20)15-27-23(25-2)28-16-19-7-6-12-26-22(19)29-13-10-18(11-14-29)21(24)30;/h3-9,12,17-18H,10-11,13-16H2,1-2H3,(H2,24,30)(H2,25,27,28);1H. The highest BCUT2D eigenvalue weighted by Crippen LogP contribution is 2.24. The number of nitrogens with zero attached hydrogens (tertiary/aromatic N) is 3. The molecule has 174 valence electrons. The van der Waals surface area contributed by atoms with E-state index in [0.717, 1.165) is 49.8 Å². The molecule has 1 aromatic carbocycles. The van der Waals surface area contributed by atoms with E-state index in [-0.39, 0.29) is 35.8 Å². The Balaban J connectivity index is 0.00000363. The molecule has 0 saturated carbocycles. The summed E-state index contributed by atoms with van der Waals surface area (Å²) in [5, 5.41) is 7.21. The lowest BCUT2D eigenvalue weighted by Crippen LogP contribution is -2.41. The number of amides is 1. The number of hydrogen-bond acceptors (Lipinski definition) is 5. The van der Waals surface area contributed by atoms with Crippen molar-refractivity contribution in [2.75, 3.05) is 31.6 Å². The number of anilines is 1. The number of hydrogen-bond donors (Lipinski definition) is 3. The minimum absolute atomic E-state index is 0. The molecule has 1 aliphatic rings. The molecule has 9 heteroatoms. The fourth-order valence-electron chi connectivity index (χ4n) is 3.64. The van der Waals surface area contributed by atoms with Crippen LogP contribution in [0.25, 0.3) is 0 Å². The Morgan fingerprint density at radius 1 is 1.22 bits per heavy atom. The Kier molecular flexibility index (Phi) is 11.1. The molecular formula is C23H33IN6OS. The molecule has 7 nitrogen and oxygen atoms in total. The van der Waals surface area contributed by atoms with Gasteiger partial charge in [-0.25, -0.2) is 4.98 Å². The van der Waals surface area contributed by atoms with E-state index in [4.69, 9.17) is 5.73 Å². The minimum Gasteiger partial charge on any atom is -0.369 e. The van der Waals surface area contributed by atoms with Crippen molar-refractivity contribution in [3.8, 4) is 0 Å². The van der Waals surface area contributed by atoms with E-state index in [2.05, 4.69) is 62.8 Å². The maximum absolute atomic E-state index is 11.4. The van der Waals surface area contributed by atoms with Gasteiger partial charge in [-0.15, -0.1) is 35.7 Å². The quantitative estimate of drug-likeness (QED) is 0.196. The predicted octanol–water partition coefficient (Wildman–Crippen LogP) is 3.25. The van der Waals surface area contributed by atoms with Crippen LogP contribution in [0.2, 0.25) is 0 Å². The third-order valence-corrected chi connectivity index (χ3v) is 6.49. The zero-order valence-corrected chi connectivity index (χ0v) is 21.8. The molecule has 1 aliphatic heterocycles. The van der Waals surface area contributed by atoms with Gasteiger partial charge in [0.1, 0.15) is 5.82 Å². The first-order chi connectivity index (χ1) is 15.1. The number of carbonyl (C=O) groups excluding carboxylic acids is 1. The maximum atomic E-state index is 11.4. The van der Waals surface area contributed by atoms with Crippen LogP contribution in [0, 0.1) is 5.92 Å². The summed E-state index contributed by atoms with van der Waals surface area (Å²) in [5.41, 5.74) is 6.57. The van der Waals surface area contributed by atoms with Crippen LogP contribution >= 0.6 is 35.7 Å². The van der Waals surface area contributed by atoms with Crippen LogP contribution in [-0.2, 0) is 11.3 Å². The van der Waals surface area contributed by atoms with Crippen molar-refractivity contribution in [1.82, 2.24) is 15.6 Å². The fraction of sp³-hybridized carbons (Fsp3) is 0.435. The number of pyridine rings is 1. The number of rotatable bonds is 8. The van der Waals surface area contributed by atoms with Gasteiger partial charge in [-0.3, -0.25) is 9.79 Å². The Hall–Kier alpha value is -2.01. The van der Waals surface area contributed by atoms with Crippen molar-refractivity contribution in [2.45, 2.75) is 36.5 Å². The van der Waals surface area contributed by atoms with Gasteiger partial charge in [0.25, 0.3) is 0 Å². The van der Waals surface area contributed by atoms with Crippen molar-refractivity contribution in [2.24, 2.45) is 16.6 Å². The average molecular weight is 569 g/mol. The number of halogens is 1. The summed E-state index contributed by atoms with van der Waals surface area (Å²) < 4.78 is 0. The first-order valence-corrected chi connectivity index (χ1v) is 11.6. The largest absolute Gasteiger partial charge is 0.369 e. The van der Waals surface area contributed by atoms with Crippen LogP contribution in [0.3, 0.4) is 0 Å². The molecule has 2 heterocycles. The molecule has 1 amide bonds. The summed E-state index contributed by atoms with van der Waals surface area (Å²) >= 11 is 1.84. The van der Waals surface area contributed by atoms with Gasteiger partial charge in [0.2, 0.25) is 5.91 Å². The molecule has 1 aromatic heterocycles. The molecular weight excluding hydrogens is 535 g/mol. The van der Waals surface area contributed by atoms with Crippen LogP contribution in [0.4, 0.5) is 5.82 Å². The Labute approximate surface area is 212 Å². The number of piperidine rings is 1. The molecule has 0 aliphatic carbocycles. The highest BCUT2D eigenvalue weighted by atomic mass is 127. The van der Waals surface area contributed by atoms with Gasteiger partial charge in [-0.05, 0) is 31.0 Å². The number of primary amides is 1. The zero-order valence-electron chi connectivity index (χ0n) is 18.7. The average Bonchev–Trinajstić information content (AvgIpc) is 2.80. The first kappa shape index (κ1) is 26.2. The van der Waals surface area contributed by atoms with E-state index in [9.17, 15) is 4.79 Å². The number of aliphatic imine (C=N–C) groups is 1. The number of benzene rings is 1. The second kappa shape index (κ2) is 13.5. The van der Waals surface area contributed by atoms with E-state index >= 15 is 0 Å². The van der Waals surface area contributed by atoms with Gasteiger partial charge in [0.05, 0.1) is 0 Å². The first-order valence-electron chi connectivity index (χ1n) is 10.7. The van der Waals surface area contributed by atoms with Gasteiger partial charge in [0, 0.05) is 61.1 Å². The molecule has 1 fully saturated rings. The van der Waals surface area contributed by atoms with E-state index in [0.29, 0.717) is 11.8 Å². The van der Waals surface area contributed by atoms with Crippen molar-refractivity contribution in [3.63, 3.8) is 0 Å². The van der Waals surface area contributed by atoms with Crippen molar-refractivity contribution in [3.05, 3.63) is 54.2 Å². The van der Waals surface area contributed by atoms with Gasteiger partial charge in [0.15, 0.2) is 5.96 Å². The monoisotopic (exact) mass is 568 g/mol. The molecule has 2 aromatic rings. The molecule has 0 bridgehead atoms. The zero-order chi connectivity index (χ0) is 22.1. The topological polar surface area (TPSA) is 95.6 Å². The SMILES string of the molecule is CN=C(NCc1cccnc1N1CCC(C(N)=O)CC1)NCC(C)Sc1ccccc1.I. The number of guanidine groups is 1. The molecule has 4 N–H and O–H groups in total. The van der Waals surface area contributed by atoms with E-state index in [1.54, 1.807) is 7.05 Å². The molecule has 0 radical (unpaired) electrons. The van der Waals surface area contributed by atoms with Crippen LogP contribution < -0.4 is 21.3 Å². The third-order valence-electron chi connectivity index (χ3n) is 5.37. The number of aromatic nitrogens is 1. The highest BCUT2D eigenvalue weighted by molar-refractivity contribution is 14.0. The highest BCUT2D eigenvalue weighted by Gasteiger charge is 2.25. The van der Waals surface area contributed by atoms with E-state index < -0.39 is 0 Å². The van der Waals surface area contributed by atoms with Crippen molar-refractivity contribution < 1.29 is 4.79 Å². The molecule has 32 heavy (non-hydrogen) atoms. The number of carbonyl (C=O) groups is 1.